The van der Waals surface area contributed by atoms with Crippen molar-refractivity contribution in [2.75, 3.05) is 21.3 Å². The Morgan fingerprint density at radius 2 is 1.69 bits per heavy atom. The van der Waals surface area contributed by atoms with E-state index in [1.807, 2.05) is 19.9 Å². The van der Waals surface area contributed by atoms with Crippen LogP contribution in [0.1, 0.15) is 40.9 Å². The van der Waals surface area contributed by atoms with Crippen LogP contribution in [0.4, 0.5) is 0 Å². The normalized spacial score (nSPS) is 10.7. The molecule has 0 spiro atoms. The van der Waals surface area contributed by atoms with Crippen LogP contribution in [0.15, 0.2) is 30.0 Å². The second kappa shape index (κ2) is 9.64. The van der Waals surface area contributed by atoms with Crippen LogP contribution in [0, 0.1) is 0 Å². The van der Waals surface area contributed by atoms with Gasteiger partial charge >= 0.3 is 5.97 Å². The molecule has 1 aromatic heterocycles. The summed E-state index contributed by atoms with van der Waals surface area (Å²) >= 11 is 0. The molecule has 29 heavy (non-hydrogen) atoms. The minimum atomic E-state index is -1.23. The summed E-state index contributed by atoms with van der Waals surface area (Å²) in [6.07, 6.45) is 7.03. The first-order valence-electron chi connectivity index (χ1n) is 8.87. The number of methoxy groups -OCH3 is 3. The van der Waals surface area contributed by atoms with Crippen molar-refractivity contribution in [1.29, 1.82) is 0 Å². The Balaban J connectivity index is 2.58. The number of phenols is 1. The monoisotopic (exact) mass is 399 g/mol. The SMILES string of the molecule is COc1cc(OC)c(/C=C/c2cc(OC)c(CC=C(C)C)c(O)c2C(=O)O)cn1. The summed E-state index contributed by atoms with van der Waals surface area (Å²) in [7, 11) is 4.50. The average Bonchev–Trinajstić information content (AvgIpc) is 2.70. The molecule has 0 fully saturated rings. The molecule has 0 bridgehead atoms. The van der Waals surface area contributed by atoms with Crippen LogP contribution in [0.2, 0.25) is 0 Å². The lowest BCUT2D eigenvalue weighted by Crippen LogP contribution is -2.04. The zero-order valence-electron chi connectivity index (χ0n) is 17.1. The van der Waals surface area contributed by atoms with Gasteiger partial charge in [0.15, 0.2) is 0 Å². The molecule has 0 aliphatic rings. The summed E-state index contributed by atoms with van der Waals surface area (Å²) < 4.78 is 15.8. The van der Waals surface area contributed by atoms with Crippen molar-refractivity contribution in [1.82, 2.24) is 4.98 Å². The highest BCUT2D eigenvalue weighted by Gasteiger charge is 2.21. The standard InChI is InChI=1S/C22H25NO6/c1-13(2)6-9-16-18(28-4)10-14(20(21(16)24)22(25)26)7-8-15-12-23-19(29-5)11-17(15)27-3/h6-8,10-12,24H,9H2,1-5H3,(H,25,26)/b8-7+. The van der Waals surface area contributed by atoms with E-state index in [0.717, 1.165) is 5.57 Å². The molecule has 1 aromatic carbocycles. The highest BCUT2D eigenvalue weighted by molar-refractivity contribution is 5.97. The van der Waals surface area contributed by atoms with Gasteiger partial charge in [-0.3, -0.25) is 0 Å². The van der Waals surface area contributed by atoms with Gasteiger partial charge in [0.1, 0.15) is 22.8 Å². The van der Waals surface area contributed by atoms with Crippen molar-refractivity contribution >= 4 is 18.1 Å². The zero-order chi connectivity index (χ0) is 21.6. The van der Waals surface area contributed by atoms with Gasteiger partial charge in [0, 0.05) is 23.4 Å². The molecule has 0 saturated carbocycles. The molecule has 154 valence electrons. The van der Waals surface area contributed by atoms with E-state index in [2.05, 4.69) is 4.98 Å². The third kappa shape index (κ3) is 5.07. The molecular formula is C22H25NO6. The van der Waals surface area contributed by atoms with Gasteiger partial charge in [-0.1, -0.05) is 17.7 Å². The number of carboxylic acids is 1. The fourth-order valence-corrected chi connectivity index (χ4v) is 2.77. The molecule has 2 rings (SSSR count). The third-order valence-corrected chi connectivity index (χ3v) is 4.29. The van der Waals surface area contributed by atoms with Gasteiger partial charge in [-0.05, 0) is 38.0 Å². The lowest BCUT2D eigenvalue weighted by atomic mass is 9.97. The average molecular weight is 399 g/mol. The van der Waals surface area contributed by atoms with Crippen molar-refractivity contribution in [3.8, 4) is 23.1 Å². The van der Waals surface area contributed by atoms with Crippen LogP contribution in [0.3, 0.4) is 0 Å². The second-order valence-corrected chi connectivity index (χ2v) is 6.46. The summed E-state index contributed by atoms with van der Waals surface area (Å²) in [4.78, 5) is 16.0. The number of aromatic nitrogens is 1. The topological polar surface area (TPSA) is 98.1 Å². The van der Waals surface area contributed by atoms with Crippen molar-refractivity contribution in [3.63, 3.8) is 0 Å². The van der Waals surface area contributed by atoms with Crippen molar-refractivity contribution in [2.24, 2.45) is 0 Å². The van der Waals surface area contributed by atoms with Crippen molar-refractivity contribution in [2.45, 2.75) is 20.3 Å². The van der Waals surface area contributed by atoms with Crippen LogP contribution in [0.5, 0.6) is 23.1 Å². The summed E-state index contributed by atoms with van der Waals surface area (Å²) in [5.74, 6) is -0.226. The number of carboxylic acid groups (broad SMARTS) is 1. The van der Waals surface area contributed by atoms with Gasteiger partial charge in [0.05, 0.1) is 21.3 Å². The first-order valence-corrected chi connectivity index (χ1v) is 8.87. The first-order chi connectivity index (χ1) is 13.8. The summed E-state index contributed by atoms with van der Waals surface area (Å²) in [6.45, 7) is 3.85. The molecule has 2 aromatic rings. The Kier molecular flexibility index (Phi) is 7.25. The number of allylic oxidation sites excluding steroid dienone is 2. The van der Waals surface area contributed by atoms with Gasteiger partial charge in [-0.15, -0.1) is 0 Å². The molecule has 7 heteroatoms. The number of rotatable bonds is 8. The molecule has 0 amide bonds. The van der Waals surface area contributed by atoms with E-state index in [-0.39, 0.29) is 11.3 Å². The van der Waals surface area contributed by atoms with Crippen molar-refractivity contribution < 1.29 is 29.2 Å². The van der Waals surface area contributed by atoms with E-state index in [1.54, 1.807) is 30.5 Å². The molecule has 1 heterocycles. The van der Waals surface area contributed by atoms with Crippen LogP contribution in [0.25, 0.3) is 12.2 Å². The Bertz CT molecular complexity index is 958. The fraction of sp³-hybridized carbons (Fsp3) is 0.273. The molecule has 0 saturated heterocycles. The second-order valence-electron chi connectivity index (χ2n) is 6.46. The van der Waals surface area contributed by atoms with Gasteiger partial charge in [-0.2, -0.15) is 0 Å². The number of aromatic hydroxyl groups is 1. The minimum Gasteiger partial charge on any atom is -0.507 e. The lowest BCUT2D eigenvalue weighted by molar-refractivity contribution is 0.0693. The number of hydrogen-bond donors (Lipinski definition) is 2. The Labute approximate surface area is 169 Å². The minimum absolute atomic E-state index is 0.195. The smallest absolute Gasteiger partial charge is 0.340 e. The predicted molar refractivity (Wildman–Crippen MR) is 111 cm³/mol. The Morgan fingerprint density at radius 1 is 1.03 bits per heavy atom. The molecule has 0 unspecified atom stereocenters. The molecule has 2 N–H and O–H groups in total. The van der Waals surface area contributed by atoms with Crippen molar-refractivity contribution in [3.05, 3.63) is 52.2 Å². The van der Waals surface area contributed by atoms with E-state index < -0.39 is 5.97 Å². The van der Waals surface area contributed by atoms with Crippen LogP contribution >= 0.6 is 0 Å². The maximum atomic E-state index is 11.8. The first kappa shape index (κ1) is 21.8. The Morgan fingerprint density at radius 3 is 2.24 bits per heavy atom. The van der Waals surface area contributed by atoms with E-state index in [9.17, 15) is 15.0 Å². The molecule has 0 radical (unpaired) electrons. The van der Waals surface area contributed by atoms with Gasteiger partial charge in [0.25, 0.3) is 0 Å². The number of ether oxygens (including phenoxy) is 3. The van der Waals surface area contributed by atoms with E-state index in [0.29, 0.717) is 40.5 Å². The van der Waals surface area contributed by atoms with Gasteiger partial charge in [0.2, 0.25) is 5.88 Å². The summed E-state index contributed by atoms with van der Waals surface area (Å²) in [6, 6.07) is 3.22. The van der Waals surface area contributed by atoms with Crippen LogP contribution in [-0.2, 0) is 6.42 Å². The Hall–Kier alpha value is -3.48. The quantitative estimate of drug-likeness (QED) is 0.642. The zero-order valence-corrected chi connectivity index (χ0v) is 17.1. The number of hydrogen-bond acceptors (Lipinski definition) is 6. The molecule has 0 aliphatic heterocycles. The number of pyridine rings is 1. The highest BCUT2D eigenvalue weighted by atomic mass is 16.5. The van der Waals surface area contributed by atoms with Crippen LogP contribution < -0.4 is 14.2 Å². The molecular weight excluding hydrogens is 374 g/mol. The van der Waals surface area contributed by atoms with Gasteiger partial charge in [-0.25, -0.2) is 9.78 Å². The number of benzene rings is 1. The van der Waals surface area contributed by atoms with E-state index in [4.69, 9.17) is 14.2 Å². The third-order valence-electron chi connectivity index (χ3n) is 4.29. The molecule has 0 aliphatic carbocycles. The summed E-state index contributed by atoms with van der Waals surface area (Å²) in [5.41, 5.74) is 2.19. The fourth-order valence-electron chi connectivity index (χ4n) is 2.77. The lowest BCUT2D eigenvalue weighted by Gasteiger charge is -2.14. The molecule has 0 atom stereocenters. The van der Waals surface area contributed by atoms with Crippen LogP contribution in [-0.4, -0.2) is 42.5 Å². The maximum Gasteiger partial charge on any atom is 0.340 e. The number of carbonyl (C=O) groups is 1. The van der Waals surface area contributed by atoms with E-state index in [1.165, 1.54) is 21.3 Å². The highest BCUT2D eigenvalue weighted by Crippen LogP contribution is 2.36. The number of nitrogens with zero attached hydrogens (tertiary/aromatic N) is 1. The largest absolute Gasteiger partial charge is 0.507 e. The summed E-state index contributed by atoms with van der Waals surface area (Å²) in [5, 5.41) is 20.3. The predicted octanol–water partition coefficient (Wildman–Crippen LogP) is 4.19. The molecule has 7 nitrogen and oxygen atoms in total. The van der Waals surface area contributed by atoms with E-state index >= 15 is 0 Å². The number of aromatic carboxylic acids is 1. The maximum absolute atomic E-state index is 11.8. The van der Waals surface area contributed by atoms with Gasteiger partial charge < -0.3 is 24.4 Å².